The minimum atomic E-state index is -0.0282. The standard InChI is InChI=1S/C14H10BNO/c16-9-11-4-3-6-13(8-11)15-14-7-2-1-5-12(14)10-17-15/h1-8H,10H2. The zero-order valence-corrected chi connectivity index (χ0v) is 9.26. The first-order chi connectivity index (χ1) is 8.38. The van der Waals surface area contributed by atoms with E-state index in [9.17, 15) is 0 Å². The SMILES string of the molecule is N#Cc1cccc(B2OCc3ccccc32)c1. The third kappa shape index (κ3) is 1.73. The molecule has 1 aliphatic rings. The van der Waals surface area contributed by atoms with Crippen molar-refractivity contribution in [3.05, 3.63) is 59.7 Å². The highest BCUT2D eigenvalue weighted by Crippen LogP contribution is 2.10. The molecule has 0 fully saturated rings. The topological polar surface area (TPSA) is 33.0 Å². The molecule has 2 nitrogen and oxygen atoms in total. The highest BCUT2D eigenvalue weighted by Gasteiger charge is 2.29. The summed E-state index contributed by atoms with van der Waals surface area (Å²) in [5.41, 5.74) is 4.17. The first-order valence-corrected chi connectivity index (χ1v) is 5.58. The van der Waals surface area contributed by atoms with Gasteiger partial charge in [0.15, 0.2) is 0 Å². The smallest absolute Gasteiger partial charge is 0.362 e. The molecule has 2 aromatic rings. The van der Waals surface area contributed by atoms with E-state index in [4.69, 9.17) is 9.92 Å². The fourth-order valence-electron chi connectivity index (χ4n) is 2.23. The maximum absolute atomic E-state index is 8.91. The van der Waals surface area contributed by atoms with Gasteiger partial charge >= 0.3 is 6.92 Å². The van der Waals surface area contributed by atoms with Crippen molar-refractivity contribution < 1.29 is 4.65 Å². The second-order valence-electron chi connectivity index (χ2n) is 4.13. The number of nitriles is 1. The lowest BCUT2D eigenvalue weighted by molar-refractivity contribution is 0.337. The molecular formula is C14H10BNO. The number of fused-ring (bicyclic) bond motifs is 1. The minimum Gasteiger partial charge on any atom is -0.423 e. The lowest BCUT2D eigenvalue weighted by Gasteiger charge is -2.07. The fourth-order valence-corrected chi connectivity index (χ4v) is 2.23. The summed E-state index contributed by atoms with van der Waals surface area (Å²) in [4.78, 5) is 0. The predicted molar refractivity (Wildman–Crippen MR) is 67.4 cm³/mol. The quantitative estimate of drug-likeness (QED) is 0.675. The van der Waals surface area contributed by atoms with E-state index in [0.29, 0.717) is 12.2 Å². The van der Waals surface area contributed by atoms with Crippen molar-refractivity contribution in [1.29, 1.82) is 5.26 Å². The molecule has 0 aromatic heterocycles. The van der Waals surface area contributed by atoms with Crippen LogP contribution in [0.2, 0.25) is 0 Å². The number of hydrogen-bond donors (Lipinski definition) is 0. The molecule has 2 aromatic carbocycles. The van der Waals surface area contributed by atoms with Crippen LogP contribution >= 0.6 is 0 Å². The van der Waals surface area contributed by atoms with Crippen molar-refractivity contribution in [1.82, 2.24) is 0 Å². The summed E-state index contributed by atoms with van der Waals surface area (Å²) in [7, 11) is 0. The Balaban J connectivity index is 2.04. The van der Waals surface area contributed by atoms with Crippen LogP contribution in [0.15, 0.2) is 48.5 Å². The van der Waals surface area contributed by atoms with Crippen molar-refractivity contribution in [2.24, 2.45) is 0 Å². The summed E-state index contributed by atoms with van der Waals surface area (Å²) in [6.45, 7) is 0.622. The van der Waals surface area contributed by atoms with Gasteiger partial charge in [0.1, 0.15) is 0 Å². The van der Waals surface area contributed by atoms with Gasteiger partial charge in [0, 0.05) is 0 Å². The summed E-state index contributed by atoms with van der Waals surface area (Å²) in [6, 6.07) is 18.0. The molecule has 0 unspecified atom stereocenters. The second kappa shape index (κ2) is 4.08. The lowest BCUT2D eigenvalue weighted by atomic mass is 9.56. The van der Waals surface area contributed by atoms with E-state index in [2.05, 4.69) is 18.2 Å². The normalized spacial score (nSPS) is 13.2. The zero-order chi connectivity index (χ0) is 11.7. The molecule has 80 valence electrons. The Kier molecular flexibility index (Phi) is 2.43. The van der Waals surface area contributed by atoms with E-state index < -0.39 is 0 Å². The summed E-state index contributed by atoms with van der Waals surface area (Å²) in [6.07, 6.45) is 0. The van der Waals surface area contributed by atoms with Crippen LogP contribution in [0.3, 0.4) is 0 Å². The summed E-state index contributed by atoms with van der Waals surface area (Å²) in [5.74, 6) is 0. The van der Waals surface area contributed by atoms with Gasteiger partial charge in [-0.25, -0.2) is 0 Å². The predicted octanol–water partition coefficient (Wildman–Crippen LogP) is 1.19. The van der Waals surface area contributed by atoms with E-state index in [1.165, 1.54) is 11.0 Å². The lowest BCUT2D eigenvalue weighted by Crippen LogP contribution is -2.41. The Morgan fingerprint density at radius 3 is 2.88 bits per heavy atom. The Morgan fingerprint density at radius 1 is 1.12 bits per heavy atom. The van der Waals surface area contributed by atoms with Crippen molar-refractivity contribution in [2.45, 2.75) is 6.61 Å². The molecule has 0 radical (unpaired) electrons. The average Bonchev–Trinajstić information content (AvgIpc) is 2.82. The van der Waals surface area contributed by atoms with Crippen molar-refractivity contribution in [2.75, 3.05) is 0 Å². The number of nitrogens with zero attached hydrogens (tertiary/aromatic N) is 1. The van der Waals surface area contributed by atoms with Gasteiger partial charge in [0.05, 0.1) is 18.2 Å². The number of rotatable bonds is 1. The fraction of sp³-hybridized carbons (Fsp3) is 0.0714. The first kappa shape index (κ1) is 10.1. The Labute approximate surface area is 101 Å². The van der Waals surface area contributed by atoms with Crippen LogP contribution in [0.1, 0.15) is 11.1 Å². The van der Waals surface area contributed by atoms with Gasteiger partial charge in [-0.1, -0.05) is 36.4 Å². The molecule has 0 aliphatic carbocycles. The molecule has 0 atom stereocenters. The third-order valence-corrected chi connectivity index (χ3v) is 3.06. The van der Waals surface area contributed by atoms with Crippen LogP contribution in [-0.4, -0.2) is 6.92 Å². The monoisotopic (exact) mass is 219 g/mol. The molecule has 0 saturated carbocycles. The highest BCUT2D eigenvalue weighted by atomic mass is 16.4. The van der Waals surface area contributed by atoms with Crippen LogP contribution < -0.4 is 10.9 Å². The van der Waals surface area contributed by atoms with Crippen molar-refractivity contribution in [3.8, 4) is 6.07 Å². The van der Waals surface area contributed by atoms with Crippen LogP contribution in [-0.2, 0) is 11.3 Å². The van der Waals surface area contributed by atoms with Gasteiger partial charge in [-0.2, -0.15) is 5.26 Å². The molecule has 0 bridgehead atoms. The summed E-state index contributed by atoms with van der Waals surface area (Å²) >= 11 is 0. The zero-order valence-electron chi connectivity index (χ0n) is 9.26. The third-order valence-electron chi connectivity index (χ3n) is 3.06. The Morgan fingerprint density at radius 2 is 2.00 bits per heavy atom. The maximum Gasteiger partial charge on any atom is 0.362 e. The molecule has 0 N–H and O–H groups in total. The Bertz CT molecular complexity index is 603. The van der Waals surface area contributed by atoms with Gasteiger partial charge < -0.3 is 4.65 Å². The summed E-state index contributed by atoms with van der Waals surface area (Å²) in [5, 5.41) is 8.91. The van der Waals surface area contributed by atoms with Crippen LogP contribution in [0.4, 0.5) is 0 Å². The molecule has 0 amide bonds. The van der Waals surface area contributed by atoms with E-state index >= 15 is 0 Å². The Hall–Kier alpha value is -2.05. The van der Waals surface area contributed by atoms with E-state index in [1.807, 2.05) is 36.4 Å². The van der Waals surface area contributed by atoms with Crippen LogP contribution in [0.25, 0.3) is 0 Å². The largest absolute Gasteiger partial charge is 0.423 e. The molecule has 3 rings (SSSR count). The number of benzene rings is 2. The van der Waals surface area contributed by atoms with Gasteiger partial charge in [-0.3, -0.25) is 0 Å². The van der Waals surface area contributed by atoms with Crippen molar-refractivity contribution >= 4 is 17.8 Å². The van der Waals surface area contributed by atoms with E-state index in [1.54, 1.807) is 0 Å². The van der Waals surface area contributed by atoms with Crippen LogP contribution in [0, 0.1) is 11.3 Å². The van der Waals surface area contributed by atoms with E-state index in [-0.39, 0.29) is 6.92 Å². The van der Waals surface area contributed by atoms with Gasteiger partial charge in [-0.05, 0) is 28.6 Å². The highest BCUT2D eigenvalue weighted by molar-refractivity contribution is 6.81. The molecule has 0 saturated heterocycles. The summed E-state index contributed by atoms with van der Waals surface area (Å²) < 4.78 is 5.80. The average molecular weight is 219 g/mol. The van der Waals surface area contributed by atoms with Crippen molar-refractivity contribution in [3.63, 3.8) is 0 Å². The molecular weight excluding hydrogens is 209 g/mol. The first-order valence-electron chi connectivity index (χ1n) is 5.58. The maximum atomic E-state index is 8.91. The minimum absolute atomic E-state index is 0.0282. The number of hydrogen-bond acceptors (Lipinski definition) is 2. The second-order valence-corrected chi connectivity index (χ2v) is 4.13. The van der Waals surface area contributed by atoms with Gasteiger partial charge in [0.25, 0.3) is 0 Å². The van der Waals surface area contributed by atoms with Gasteiger partial charge in [0.2, 0.25) is 0 Å². The van der Waals surface area contributed by atoms with Gasteiger partial charge in [-0.15, -0.1) is 0 Å². The van der Waals surface area contributed by atoms with E-state index in [0.717, 1.165) is 5.46 Å². The van der Waals surface area contributed by atoms with Crippen LogP contribution in [0.5, 0.6) is 0 Å². The molecule has 1 aliphatic heterocycles. The molecule has 17 heavy (non-hydrogen) atoms. The molecule has 0 spiro atoms. The molecule has 3 heteroatoms. The molecule has 1 heterocycles.